The molecule has 2 heterocycles. The molecule has 1 fully saturated rings. The predicted molar refractivity (Wildman–Crippen MR) is 130 cm³/mol. The van der Waals surface area contributed by atoms with Crippen LogP contribution < -0.4 is 10.1 Å². The fraction of sp³-hybridized carbons (Fsp3) is 0.370. The van der Waals surface area contributed by atoms with Crippen LogP contribution in [0.4, 0.5) is 0 Å². The standard InChI is InChI=1S/C27H31N3O3/c1-4-33-21-11-9-19(10-12-21)15-26(31)30-14-13-20(17-30)25-16-23(27(32)28-18(2)3)22-7-5-6-8-24(22)29-25/h5-12,16,18,20H,4,13-15,17H2,1-3H3,(H,28,32). The second-order valence-electron chi connectivity index (χ2n) is 8.82. The number of carbonyl (C=O) groups is 2. The molecule has 2 aromatic carbocycles. The van der Waals surface area contributed by atoms with E-state index in [-0.39, 0.29) is 23.8 Å². The molecule has 2 amide bonds. The monoisotopic (exact) mass is 445 g/mol. The van der Waals surface area contributed by atoms with Crippen LogP contribution in [0.3, 0.4) is 0 Å². The zero-order chi connectivity index (χ0) is 23.4. The molecule has 0 bridgehead atoms. The lowest BCUT2D eigenvalue weighted by Crippen LogP contribution is -2.31. The summed E-state index contributed by atoms with van der Waals surface area (Å²) in [5.41, 5.74) is 3.30. The topological polar surface area (TPSA) is 71.5 Å². The zero-order valence-corrected chi connectivity index (χ0v) is 19.5. The van der Waals surface area contributed by atoms with Crippen LogP contribution in [0.1, 0.15) is 54.7 Å². The number of hydrogen-bond donors (Lipinski definition) is 1. The highest BCUT2D eigenvalue weighted by Crippen LogP contribution is 2.30. The Hall–Kier alpha value is -3.41. The molecule has 1 N–H and O–H groups in total. The highest BCUT2D eigenvalue weighted by atomic mass is 16.5. The summed E-state index contributed by atoms with van der Waals surface area (Å²) in [5, 5.41) is 3.84. The second-order valence-corrected chi connectivity index (χ2v) is 8.82. The van der Waals surface area contributed by atoms with Crippen molar-refractivity contribution in [3.8, 4) is 5.75 Å². The number of para-hydroxylation sites is 1. The van der Waals surface area contributed by atoms with Crippen molar-refractivity contribution >= 4 is 22.7 Å². The van der Waals surface area contributed by atoms with Crippen LogP contribution >= 0.6 is 0 Å². The van der Waals surface area contributed by atoms with Crippen molar-refractivity contribution in [2.75, 3.05) is 19.7 Å². The Morgan fingerprint density at radius 2 is 1.91 bits per heavy atom. The number of ether oxygens (including phenoxy) is 1. The third-order valence-corrected chi connectivity index (χ3v) is 5.95. The van der Waals surface area contributed by atoms with Crippen LogP contribution in [-0.2, 0) is 11.2 Å². The van der Waals surface area contributed by atoms with Crippen molar-refractivity contribution in [3.05, 3.63) is 71.4 Å². The molecule has 4 rings (SSSR count). The Morgan fingerprint density at radius 1 is 1.15 bits per heavy atom. The maximum atomic E-state index is 12.9. The molecular formula is C27H31N3O3. The van der Waals surface area contributed by atoms with E-state index in [0.717, 1.165) is 34.3 Å². The highest BCUT2D eigenvalue weighted by molar-refractivity contribution is 6.06. The summed E-state index contributed by atoms with van der Waals surface area (Å²) in [7, 11) is 0. The minimum absolute atomic E-state index is 0.0510. The first-order valence-corrected chi connectivity index (χ1v) is 11.6. The van der Waals surface area contributed by atoms with Gasteiger partial charge >= 0.3 is 0 Å². The van der Waals surface area contributed by atoms with E-state index in [1.54, 1.807) is 0 Å². The van der Waals surface area contributed by atoms with Gasteiger partial charge in [0.05, 0.1) is 24.1 Å². The fourth-order valence-corrected chi connectivity index (χ4v) is 4.32. The summed E-state index contributed by atoms with van der Waals surface area (Å²) < 4.78 is 5.48. The molecule has 0 aliphatic carbocycles. The van der Waals surface area contributed by atoms with Crippen LogP contribution in [0.5, 0.6) is 5.75 Å². The Balaban J connectivity index is 1.49. The van der Waals surface area contributed by atoms with Crippen LogP contribution in [-0.4, -0.2) is 47.4 Å². The summed E-state index contributed by atoms with van der Waals surface area (Å²) >= 11 is 0. The Labute approximate surface area is 195 Å². The summed E-state index contributed by atoms with van der Waals surface area (Å²) in [6.07, 6.45) is 1.21. The van der Waals surface area contributed by atoms with E-state index < -0.39 is 0 Å². The van der Waals surface area contributed by atoms with E-state index in [0.29, 0.717) is 31.7 Å². The van der Waals surface area contributed by atoms with E-state index in [2.05, 4.69) is 5.32 Å². The molecule has 1 aliphatic heterocycles. The van der Waals surface area contributed by atoms with Crippen LogP contribution in [0.2, 0.25) is 0 Å². The molecule has 0 radical (unpaired) electrons. The number of amides is 2. The van der Waals surface area contributed by atoms with Gasteiger partial charge in [0.2, 0.25) is 5.91 Å². The van der Waals surface area contributed by atoms with Gasteiger partial charge in [0, 0.05) is 36.1 Å². The van der Waals surface area contributed by atoms with Gasteiger partial charge in [-0.1, -0.05) is 30.3 Å². The van der Waals surface area contributed by atoms with E-state index >= 15 is 0 Å². The average Bonchev–Trinajstić information content (AvgIpc) is 3.30. The Kier molecular flexibility index (Phi) is 6.92. The highest BCUT2D eigenvalue weighted by Gasteiger charge is 2.29. The summed E-state index contributed by atoms with van der Waals surface area (Å²) in [5.74, 6) is 0.950. The molecule has 1 aliphatic rings. The number of pyridine rings is 1. The molecule has 33 heavy (non-hydrogen) atoms. The Bertz CT molecular complexity index is 1140. The number of aromatic nitrogens is 1. The Morgan fingerprint density at radius 3 is 2.64 bits per heavy atom. The largest absolute Gasteiger partial charge is 0.494 e. The first-order valence-electron chi connectivity index (χ1n) is 11.6. The van der Waals surface area contributed by atoms with Crippen LogP contribution in [0, 0.1) is 0 Å². The maximum Gasteiger partial charge on any atom is 0.252 e. The SMILES string of the molecule is CCOc1ccc(CC(=O)N2CCC(c3cc(C(=O)NC(C)C)c4ccccc4n3)C2)cc1. The van der Waals surface area contributed by atoms with Crippen LogP contribution in [0.25, 0.3) is 10.9 Å². The minimum atomic E-state index is -0.0914. The minimum Gasteiger partial charge on any atom is -0.494 e. The molecule has 6 heteroatoms. The van der Waals surface area contributed by atoms with Crippen molar-refractivity contribution < 1.29 is 14.3 Å². The molecular weight excluding hydrogens is 414 g/mol. The lowest BCUT2D eigenvalue weighted by atomic mass is 9.99. The average molecular weight is 446 g/mol. The first-order chi connectivity index (χ1) is 15.9. The smallest absolute Gasteiger partial charge is 0.252 e. The number of nitrogens with zero attached hydrogens (tertiary/aromatic N) is 2. The summed E-state index contributed by atoms with van der Waals surface area (Å²) in [6, 6.07) is 17.4. The fourth-order valence-electron chi connectivity index (χ4n) is 4.32. The van der Waals surface area contributed by atoms with E-state index in [1.165, 1.54) is 0 Å². The van der Waals surface area contributed by atoms with Crippen molar-refractivity contribution in [3.63, 3.8) is 0 Å². The van der Waals surface area contributed by atoms with Gasteiger partial charge < -0.3 is 15.0 Å². The molecule has 1 unspecified atom stereocenters. The van der Waals surface area contributed by atoms with Gasteiger partial charge in [-0.05, 0) is 57.0 Å². The molecule has 1 atom stereocenters. The number of carbonyl (C=O) groups excluding carboxylic acids is 2. The molecule has 1 aromatic heterocycles. The number of hydrogen-bond acceptors (Lipinski definition) is 4. The van der Waals surface area contributed by atoms with Crippen LogP contribution in [0.15, 0.2) is 54.6 Å². The number of nitrogens with one attached hydrogen (secondary N) is 1. The summed E-state index contributed by atoms with van der Waals surface area (Å²) in [6.45, 7) is 7.79. The molecule has 0 saturated carbocycles. The third-order valence-electron chi connectivity index (χ3n) is 5.95. The maximum absolute atomic E-state index is 12.9. The zero-order valence-electron chi connectivity index (χ0n) is 19.5. The number of benzene rings is 2. The van der Waals surface area contributed by atoms with Crippen molar-refractivity contribution in [1.29, 1.82) is 0 Å². The summed E-state index contributed by atoms with van der Waals surface area (Å²) in [4.78, 5) is 32.5. The molecule has 0 spiro atoms. The lowest BCUT2D eigenvalue weighted by molar-refractivity contribution is -0.129. The lowest BCUT2D eigenvalue weighted by Gasteiger charge is -2.18. The number of fused-ring (bicyclic) bond motifs is 1. The normalized spacial score (nSPS) is 15.8. The van der Waals surface area contributed by atoms with E-state index in [4.69, 9.17) is 9.72 Å². The van der Waals surface area contributed by atoms with Gasteiger partial charge in [0.25, 0.3) is 5.91 Å². The van der Waals surface area contributed by atoms with Crippen molar-refractivity contribution in [2.24, 2.45) is 0 Å². The first kappa shape index (κ1) is 22.8. The quantitative estimate of drug-likeness (QED) is 0.588. The molecule has 6 nitrogen and oxygen atoms in total. The van der Waals surface area contributed by atoms with E-state index in [9.17, 15) is 9.59 Å². The van der Waals surface area contributed by atoms with Gasteiger partial charge in [-0.2, -0.15) is 0 Å². The van der Waals surface area contributed by atoms with Crippen molar-refractivity contribution in [1.82, 2.24) is 15.2 Å². The van der Waals surface area contributed by atoms with Gasteiger partial charge in [0.15, 0.2) is 0 Å². The predicted octanol–water partition coefficient (Wildman–Crippen LogP) is 4.33. The number of rotatable bonds is 7. The molecule has 172 valence electrons. The van der Waals surface area contributed by atoms with Gasteiger partial charge in [-0.15, -0.1) is 0 Å². The third kappa shape index (κ3) is 5.33. The molecule has 3 aromatic rings. The van der Waals surface area contributed by atoms with Crippen molar-refractivity contribution in [2.45, 2.75) is 45.6 Å². The second kappa shape index (κ2) is 10.0. The number of likely N-dealkylation sites (tertiary alicyclic amines) is 1. The molecule has 1 saturated heterocycles. The van der Waals surface area contributed by atoms with Gasteiger partial charge in [-0.25, -0.2) is 0 Å². The van der Waals surface area contributed by atoms with Gasteiger partial charge in [-0.3, -0.25) is 14.6 Å². The van der Waals surface area contributed by atoms with E-state index in [1.807, 2.05) is 80.3 Å². The van der Waals surface area contributed by atoms with Gasteiger partial charge in [0.1, 0.15) is 5.75 Å².